The monoisotopic (exact) mass is 534 g/mol. The number of carbonyl (C=O) groups is 1. The molecule has 0 bridgehead atoms. The van der Waals surface area contributed by atoms with Gasteiger partial charge in [0.15, 0.2) is 5.96 Å². The molecule has 166 valence electrons. The van der Waals surface area contributed by atoms with E-state index < -0.39 is 17.2 Å². The Bertz CT molecular complexity index is 839. The molecule has 3 aliphatic rings. The summed E-state index contributed by atoms with van der Waals surface area (Å²) in [5, 5.41) is 3.39. The molecule has 1 aromatic carbocycles. The number of aliphatic imine (C=N–C) groups is 1. The lowest BCUT2D eigenvalue weighted by atomic mass is 9.95. The third-order valence-electron chi connectivity index (χ3n) is 5.80. The van der Waals surface area contributed by atoms with Gasteiger partial charge in [0.25, 0.3) is 0 Å². The minimum absolute atomic E-state index is 0. The van der Waals surface area contributed by atoms with Gasteiger partial charge in [-0.3, -0.25) is 4.99 Å². The van der Waals surface area contributed by atoms with Crippen LogP contribution in [0.1, 0.15) is 39.2 Å². The maximum Gasteiger partial charge on any atom is 0.410 e. The molecule has 2 fully saturated rings. The Hall–Kier alpha value is -1.65. The summed E-state index contributed by atoms with van der Waals surface area (Å²) in [4.78, 5) is 20.9. The zero-order valence-electron chi connectivity index (χ0n) is 17.6. The Morgan fingerprint density at radius 2 is 2.03 bits per heavy atom. The van der Waals surface area contributed by atoms with Crippen LogP contribution in [0.25, 0.3) is 0 Å². The van der Waals surface area contributed by atoms with E-state index in [0.717, 1.165) is 24.9 Å². The summed E-state index contributed by atoms with van der Waals surface area (Å²) in [7, 11) is 0. The fraction of sp³-hybridized carbons (Fsp3) is 0.619. The molecule has 1 unspecified atom stereocenters. The topological polar surface area (TPSA) is 57.2 Å². The van der Waals surface area contributed by atoms with Crippen LogP contribution in [0.3, 0.4) is 0 Å². The van der Waals surface area contributed by atoms with Crippen LogP contribution in [0.5, 0.6) is 0 Å². The average Bonchev–Trinajstić information content (AvgIpc) is 3.30. The fourth-order valence-corrected chi connectivity index (χ4v) is 4.08. The van der Waals surface area contributed by atoms with Gasteiger partial charge in [-0.1, -0.05) is 6.07 Å². The number of benzene rings is 1. The van der Waals surface area contributed by atoms with Crippen molar-refractivity contribution in [2.75, 3.05) is 32.7 Å². The number of amides is 1. The Morgan fingerprint density at radius 1 is 1.30 bits per heavy atom. The maximum absolute atomic E-state index is 14.2. The van der Waals surface area contributed by atoms with E-state index in [2.05, 4.69) is 15.2 Å². The molecule has 0 aromatic heterocycles. The second-order valence-corrected chi connectivity index (χ2v) is 9.20. The van der Waals surface area contributed by atoms with E-state index in [0.29, 0.717) is 38.3 Å². The smallest absolute Gasteiger partial charge is 0.410 e. The zero-order valence-corrected chi connectivity index (χ0v) is 19.9. The summed E-state index contributed by atoms with van der Waals surface area (Å²) in [5.74, 6) is -0.241. The average molecular weight is 534 g/mol. The van der Waals surface area contributed by atoms with Gasteiger partial charge in [-0.2, -0.15) is 0 Å². The highest BCUT2D eigenvalue weighted by Gasteiger charge is 2.47. The zero-order chi connectivity index (χ0) is 20.8. The summed E-state index contributed by atoms with van der Waals surface area (Å²) in [6.45, 7) is 8.57. The van der Waals surface area contributed by atoms with Gasteiger partial charge in [-0.05, 0) is 45.2 Å². The van der Waals surface area contributed by atoms with E-state index in [4.69, 9.17) is 4.74 Å². The van der Waals surface area contributed by atoms with Crippen molar-refractivity contribution in [3.8, 4) is 0 Å². The van der Waals surface area contributed by atoms with Crippen LogP contribution in [0.4, 0.5) is 13.6 Å². The Kier molecular flexibility index (Phi) is 6.50. The summed E-state index contributed by atoms with van der Waals surface area (Å²) in [6.07, 6.45) is 1.44. The minimum Gasteiger partial charge on any atom is -0.444 e. The molecule has 2 heterocycles. The van der Waals surface area contributed by atoms with E-state index in [1.807, 2.05) is 20.8 Å². The summed E-state index contributed by atoms with van der Waals surface area (Å²) in [5.41, 5.74) is -0.241. The summed E-state index contributed by atoms with van der Waals surface area (Å²) < 4.78 is 32.9. The number of rotatable bonds is 3. The van der Waals surface area contributed by atoms with Crippen molar-refractivity contribution < 1.29 is 18.3 Å². The Morgan fingerprint density at radius 3 is 2.67 bits per heavy atom. The lowest BCUT2D eigenvalue weighted by Gasteiger charge is -2.39. The number of guanidine groups is 1. The molecule has 2 aliphatic heterocycles. The number of carbonyl (C=O) groups excluding carboxylic acids is 1. The molecule has 1 saturated heterocycles. The number of nitrogens with zero attached hydrogens (tertiary/aromatic N) is 3. The van der Waals surface area contributed by atoms with Crippen LogP contribution in [-0.2, 0) is 10.2 Å². The molecule has 1 saturated carbocycles. The molecule has 4 rings (SSSR count). The largest absolute Gasteiger partial charge is 0.444 e. The van der Waals surface area contributed by atoms with E-state index in [-0.39, 0.29) is 41.5 Å². The fourth-order valence-electron chi connectivity index (χ4n) is 4.08. The predicted molar refractivity (Wildman–Crippen MR) is 121 cm³/mol. The van der Waals surface area contributed by atoms with Crippen molar-refractivity contribution in [2.24, 2.45) is 4.99 Å². The lowest BCUT2D eigenvalue weighted by Crippen LogP contribution is -2.58. The maximum atomic E-state index is 14.2. The highest BCUT2D eigenvalue weighted by molar-refractivity contribution is 14.0. The molecule has 1 aliphatic carbocycles. The van der Waals surface area contributed by atoms with Crippen LogP contribution in [0, 0.1) is 11.6 Å². The standard InChI is InChI=1S/C21H28F2N4O2.HI/c1-20(2,3)29-19(28)26-8-9-27-15(12-26)11-24-18(27)25-13-21(6-7-21)16-5-4-14(22)10-17(16)23;/h4-5,10,15H,6-9,11-13H2,1-3H3,(H,24,25);1H. The first kappa shape index (κ1) is 23.0. The second-order valence-electron chi connectivity index (χ2n) is 9.20. The van der Waals surface area contributed by atoms with Crippen LogP contribution < -0.4 is 5.32 Å². The third-order valence-corrected chi connectivity index (χ3v) is 5.80. The highest BCUT2D eigenvalue weighted by atomic mass is 127. The SMILES string of the molecule is CC(C)(C)OC(=O)N1CCN2C(NCC3(c4ccc(F)cc4F)CC3)=NCC2C1.I. The normalized spacial score (nSPS) is 22.0. The first-order valence-electron chi connectivity index (χ1n) is 10.2. The minimum atomic E-state index is -0.555. The molecule has 1 atom stereocenters. The second kappa shape index (κ2) is 8.47. The molecule has 0 radical (unpaired) electrons. The lowest BCUT2D eigenvalue weighted by molar-refractivity contribution is 0.0137. The number of ether oxygens (including phenoxy) is 1. The van der Waals surface area contributed by atoms with Gasteiger partial charge in [0.05, 0.1) is 12.6 Å². The van der Waals surface area contributed by atoms with Crippen LogP contribution in [-0.4, -0.2) is 66.2 Å². The summed E-state index contributed by atoms with van der Waals surface area (Å²) >= 11 is 0. The van der Waals surface area contributed by atoms with Gasteiger partial charge >= 0.3 is 6.09 Å². The van der Waals surface area contributed by atoms with Gasteiger partial charge in [-0.15, -0.1) is 24.0 Å². The number of halogens is 3. The molecule has 0 spiro atoms. The molecule has 30 heavy (non-hydrogen) atoms. The first-order valence-corrected chi connectivity index (χ1v) is 10.2. The van der Waals surface area contributed by atoms with Crippen LogP contribution >= 0.6 is 24.0 Å². The van der Waals surface area contributed by atoms with Crippen molar-refractivity contribution in [3.05, 3.63) is 35.4 Å². The van der Waals surface area contributed by atoms with E-state index in [9.17, 15) is 13.6 Å². The predicted octanol–water partition coefficient (Wildman–Crippen LogP) is 3.49. The molecule has 1 N–H and O–H groups in total. The number of nitrogens with one attached hydrogen (secondary N) is 1. The molecule has 1 amide bonds. The highest BCUT2D eigenvalue weighted by Crippen LogP contribution is 2.48. The number of fused-ring (bicyclic) bond motifs is 1. The van der Waals surface area contributed by atoms with E-state index in [1.165, 1.54) is 6.07 Å². The van der Waals surface area contributed by atoms with Crippen molar-refractivity contribution in [3.63, 3.8) is 0 Å². The molecule has 9 heteroatoms. The van der Waals surface area contributed by atoms with Crippen molar-refractivity contribution in [2.45, 2.75) is 50.7 Å². The molecule has 6 nitrogen and oxygen atoms in total. The molecule has 1 aromatic rings. The molecular weight excluding hydrogens is 505 g/mol. The van der Waals surface area contributed by atoms with Crippen LogP contribution in [0.2, 0.25) is 0 Å². The van der Waals surface area contributed by atoms with E-state index in [1.54, 1.807) is 11.0 Å². The molecular formula is C21H29F2IN4O2. The number of hydrogen-bond donors (Lipinski definition) is 1. The third kappa shape index (κ3) is 4.81. The van der Waals surface area contributed by atoms with E-state index >= 15 is 0 Å². The van der Waals surface area contributed by atoms with Crippen LogP contribution in [0.15, 0.2) is 23.2 Å². The van der Waals surface area contributed by atoms with Gasteiger partial charge in [-0.25, -0.2) is 13.6 Å². The quantitative estimate of drug-likeness (QED) is 0.604. The number of hydrogen-bond acceptors (Lipinski definition) is 5. The van der Waals surface area contributed by atoms with Crippen molar-refractivity contribution in [1.29, 1.82) is 0 Å². The van der Waals surface area contributed by atoms with Gasteiger partial charge < -0.3 is 19.9 Å². The first-order chi connectivity index (χ1) is 13.7. The van der Waals surface area contributed by atoms with Crippen molar-refractivity contribution >= 4 is 36.0 Å². The van der Waals surface area contributed by atoms with Crippen molar-refractivity contribution in [1.82, 2.24) is 15.1 Å². The van der Waals surface area contributed by atoms with Gasteiger partial charge in [0, 0.05) is 37.7 Å². The Balaban J connectivity index is 0.00000256. The van der Waals surface area contributed by atoms with Gasteiger partial charge in [0.2, 0.25) is 0 Å². The van der Waals surface area contributed by atoms with Gasteiger partial charge in [0.1, 0.15) is 17.2 Å². The Labute approximate surface area is 193 Å². The summed E-state index contributed by atoms with van der Waals surface area (Å²) in [6, 6.07) is 3.95. The number of piperazine rings is 1.